The number of fused-ring (bicyclic) bond motifs is 3. The van der Waals surface area contributed by atoms with Crippen molar-refractivity contribution in [2.24, 2.45) is 29.4 Å². The third kappa shape index (κ3) is 4.37. The molecule has 8 atom stereocenters. The van der Waals surface area contributed by atoms with Crippen molar-refractivity contribution < 1.29 is 39.3 Å². The zero-order valence-electron chi connectivity index (χ0n) is 24.9. The number of Topliss-reactive ketones (excluding diaryl/α,β-unsaturated/α-hetero) is 4. The van der Waals surface area contributed by atoms with Gasteiger partial charge in [-0.25, -0.2) is 4.98 Å². The number of phenolic OH excluding ortho intramolecular Hbond substituents is 1. The van der Waals surface area contributed by atoms with Gasteiger partial charge in [0, 0.05) is 30.4 Å². The van der Waals surface area contributed by atoms with Crippen LogP contribution in [0.5, 0.6) is 5.75 Å². The second kappa shape index (κ2) is 10.5. The van der Waals surface area contributed by atoms with Crippen LogP contribution >= 0.6 is 0 Å². The van der Waals surface area contributed by atoms with E-state index in [2.05, 4.69) is 4.98 Å². The highest BCUT2D eigenvalue weighted by Crippen LogP contribution is 2.55. The fourth-order valence-electron chi connectivity index (χ4n) is 7.79. The highest BCUT2D eigenvalue weighted by atomic mass is 16.3. The summed E-state index contributed by atoms with van der Waals surface area (Å²) in [6.45, 7) is 6.28. The number of aromatic nitrogens is 2. The highest BCUT2D eigenvalue weighted by molar-refractivity contribution is 6.32. The van der Waals surface area contributed by atoms with Crippen LogP contribution in [-0.2, 0) is 31.1 Å². The zero-order valence-corrected chi connectivity index (χ0v) is 24.9. The fourth-order valence-corrected chi connectivity index (χ4v) is 7.79. The largest absolute Gasteiger partial charge is 0.507 e. The molecule has 1 aromatic heterocycles. The minimum Gasteiger partial charge on any atom is -0.507 e. The van der Waals surface area contributed by atoms with E-state index >= 15 is 0 Å². The summed E-state index contributed by atoms with van der Waals surface area (Å²) in [6, 6.07) is 2.06. The topological polar surface area (TPSA) is 193 Å². The van der Waals surface area contributed by atoms with E-state index in [0.717, 1.165) is 6.42 Å². The number of ketones is 4. The number of carbonyl (C=O) groups excluding carboxylic acids is 5. The molecule has 2 fully saturated rings. The van der Waals surface area contributed by atoms with Gasteiger partial charge in [-0.15, -0.1) is 0 Å². The van der Waals surface area contributed by atoms with Crippen LogP contribution in [0.1, 0.15) is 61.0 Å². The lowest BCUT2D eigenvalue weighted by atomic mass is 9.49. The molecule has 5 rings (SSSR count). The van der Waals surface area contributed by atoms with Crippen molar-refractivity contribution in [3.8, 4) is 5.75 Å². The number of aryl methyl sites for hydroxylation is 1. The Bertz CT molecular complexity index is 1520. The number of amides is 1. The van der Waals surface area contributed by atoms with Crippen molar-refractivity contribution in [3.05, 3.63) is 47.5 Å². The lowest BCUT2D eigenvalue weighted by molar-refractivity contribution is -0.196. The van der Waals surface area contributed by atoms with Gasteiger partial charge in [-0.3, -0.25) is 28.9 Å². The SMILES string of the molecule is CC1c2ccc(C(C)(C)CCCn3ccnc3)c(O)c2C(=O)C2C(=O)C3(O)C(=O)C(C(N)=O)C(=O)C(N(C)C)C3C(O)C21. The lowest BCUT2D eigenvalue weighted by Gasteiger charge is -2.56. The van der Waals surface area contributed by atoms with Crippen LogP contribution in [0.4, 0.5) is 0 Å². The van der Waals surface area contributed by atoms with Gasteiger partial charge >= 0.3 is 0 Å². The number of hydrogen-bond acceptors (Lipinski definition) is 10. The van der Waals surface area contributed by atoms with Gasteiger partial charge in [-0.2, -0.15) is 0 Å². The second-order valence-corrected chi connectivity index (χ2v) is 13.1. The van der Waals surface area contributed by atoms with Crippen LogP contribution < -0.4 is 5.73 Å². The van der Waals surface area contributed by atoms with E-state index in [1.807, 2.05) is 24.6 Å². The molecule has 0 aliphatic heterocycles. The smallest absolute Gasteiger partial charge is 0.235 e. The summed E-state index contributed by atoms with van der Waals surface area (Å²) in [5, 5.41) is 35.1. The summed E-state index contributed by atoms with van der Waals surface area (Å²) in [4.78, 5) is 72.7. The Labute approximate surface area is 248 Å². The number of likely N-dealkylation sites (N-methyl/N-ethyl adjacent to an activating group) is 1. The average Bonchev–Trinajstić information content (AvgIpc) is 3.43. The first-order valence-electron chi connectivity index (χ1n) is 14.4. The molecule has 0 radical (unpaired) electrons. The van der Waals surface area contributed by atoms with Gasteiger partial charge < -0.3 is 25.6 Å². The van der Waals surface area contributed by atoms with E-state index in [4.69, 9.17) is 5.73 Å². The number of rotatable bonds is 7. The first kappa shape index (κ1) is 30.7. The number of imidazole rings is 1. The van der Waals surface area contributed by atoms with Crippen LogP contribution in [0.2, 0.25) is 0 Å². The van der Waals surface area contributed by atoms with Crippen molar-refractivity contribution in [1.82, 2.24) is 14.5 Å². The molecule has 5 N–H and O–H groups in total. The number of benzene rings is 1. The molecule has 1 amide bonds. The quantitative estimate of drug-likeness (QED) is 0.325. The maximum absolute atomic E-state index is 14.2. The molecule has 12 heteroatoms. The minimum absolute atomic E-state index is 0.0912. The molecule has 3 aliphatic carbocycles. The zero-order chi connectivity index (χ0) is 31.8. The normalized spacial score (nSPS) is 32.4. The Morgan fingerprint density at radius 1 is 1.16 bits per heavy atom. The number of aliphatic hydroxyl groups excluding tert-OH is 1. The highest BCUT2D eigenvalue weighted by Gasteiger charge is 2.72. The van der Waals surface area contributed by atoms with Gasteiger partial charge in [0.2, 0.25) is 5.91 Å². The summed E-state index contributed by atoms with van der Waals surface area (Å²) in [6.07, 6.45) is 5.00. The third-order valence-corrected chi connectivity index (χ3v) is 10.00. The summed E-state index contributed by atoms with van der Waals surface area (Å²) in [5.74, 6) is -13.2. The lowest BCUT2D eigenvalue weighted by Crippen LogP contribution is -2.77. The van der Waals surface area contributed by atoms with Gasteiger partial charge in [0.25, 0.3) is 0 Å². The molecule has 1 heterocycles. The molecular formula is C31H38N4O8. The molecule has 43 heavy (non-hydrogen) atoms. The number of aromatic hydroxyl groups is 1. The number of nitrogens with two attached hydrogens (primary N) is 1. The molecule has 3 aliphatic rings. The molecule has 12 nitrogen and oxygen atoms in total. The first-order valence-corrected chi connectivity index (χ1v) is 14.4. The fraction of sp³-hybridized carbons (Fsp3) is 0.548. The van der Waals surface area contributed by atoms with Gasteiger partial charge in [-0.05, 0) is 43.8 Å². The molecule has 0 bridgehead atoms. The second-order valence-electron chi connectivity index (χ2n) is 13.1. The van der Waals surface area contributed by atoms with Crippen molar-refractivity contribution in [3.63, 3.8) is 0 Å². The molecular weight excluding hydrogens is 556 g/mol. The Morgan fingerprint density at radius 2 is 1.84 bits per heavy atom. The van der Waals surface area contributed by atoms with Crippen molar-refractivity contribution >= 4 is 29.0 Å². The van der Waals surface area contributed by atoms with Gasteiger partial charge in [0.1, 0.15) is 5.75 Å². The van der Waals surface area contributed by atoms with E-state index < -0.39 is 81.8 Å². The van der Waals surface area contributed by atoms with Gasteiger partial charge in [0.15, 0.2) is 34.7 Å². The standard InChI is InChI=1S/C31H38N4O8/c1-14-15-7-8-16(30(2,3)9-6-11-35-12-10-33-13-35)23(36)18(15)24(37)19-17(14)25(38)21-22(34(4)5)26(39)20(29(32)42)28(41)31(21,43)27(19)40/h7-8,10,12-14,17,19-22,25,36,38,43H,6,9,11H2,1-5H3,(H2,32,42). The summed E-state index contributed by atoms with van der Waals surface area (Å²) >= 11 is 0. The van der Waals surface area contributed by atoms with Crippen molar-refractivity contribution in [2.75, 3.05) is 14.1 Å². The van der Waals surface area contributed by atoms with Crippen molar-refractivity contribution in [2.45, 2.75) is 69.2 Å². The van der Waals surface area contributed by atoms with Crippen LogP contribution in [0.25, 0.3) is 0 Å². The molecule has 1 aromatic carbocycles. The Balaban J connectivity index is 1.57. The van der Waals surface area contributed by atoms with Crippen molar-refractivity contribution in [1.29, 1.82) is 0 Å². The molecule has 0 spiro atoms. The van der Waals surface area contributed by atoms with Crippen LogP contribution in [-0.4, -0.2) is 90.7 Å². The number of hydrogen-bond donors (Lipinski definition) is 4. The maximum Gasteiger partial charge on any atom is 0.235 e. The summed E-state index contributed by atoms with van der Waals surface area (Å²) < 4.78 is 1.94. The van der Waals surface area contributed by atoms with Gasteiger partial charge in [-0.1, -0.05) is 32.9 Å². The Kier molecular flexibility index (Phi) is 7.47. The number of aliphatic hydroxyl groups is 2. The van der Waals surface area contributed by atoms with Crippen LogP contribution in [0.3, 0.4) is 0 Å². The monoisotopic (exact) mass is 594 g/mol. The average molecular weight is 595 g/mol. The summed E-state index contributed by atoms with van der Waals surface area (Å²) in [5.41, 5.74) is 2.60. The van der Waals surface area contributed by atoms with Crippen LogP contribution in [0.15, 0.2) is 30.9 Å². The predicted octanol–water partition coefficient (Wildman–Crippen LogP) is 0.353. The van der Waals surface area contributed by atoms with Crippen LogP contribution in [0, 0.1) is 23.7 Å². The number of primary amides is 1. The Hall–Kier alpha value is -3.74. The van der Waals surface area contributed by atoms with E-state index in [1.165, 1.54) is 19.0 Å². The molecule has 8 unspecified atom stereocenters. The number of nitrogens with zero attached hydrogens (tertiary/aromatic N) is 3. The van der Waals surface area contributed by atoms with E-state index in [1.54, 1.807) is 31.6 Å². The number of carbonyl (C=O) groups is 5. The first-order chi connectivity index (χ1) is 20.1. The predicted molar refractivity (Wildman–Crippen MR) is 152 cm³/mol. The van der Waals surface area contributed by atoms with E-state index in [0.29, 0.717) is 24.1 Å². The Morgan fingerprint density at radius 3 is 2.42 bits per heavy atom. The maximum atomic E-state index is 14.2. The van der Waals surface area contributed by atoms with Gasteiger partial charge in [0.05, 0.1) is 35.9 Å². The number of phenols is 1. The minimum atomic E-state index is -3.02. The molecule has 0 saturated heterocycles. The molecule has 2 saturated carbocycles. The summed E-state index contributed by atoms with van der Waals surface area (Å²) in [7, 11) is 2.92. The molecule has 2 aromatic rings. The molecule has 230 valence electrons. The third-order valence-electron chi connectivity index (χ3n) is 10.00. The van der Waals surface area contributed by atoms with E-state index in [-0.39, 0.29) is 11.3 Å². The van der Waals surface area contributed by atoms with E-state index in [9.17, 15) is 39.3 Å².